The molecule has 1 N–H and O–H groups in total. The van der Waals surface area contributed by atoms with Gasteiger partial charge in [-0.05, 0) is 18.5 Å². The zero-order valence-corrected chi connectivity index (χ0v) is 9.38. The summed E-state index contributed by atoms with van der Waals surface area (Å²) >= 11 is 1.75. The molecule has 1 atom stereocenters. The molecule has 0 fully saturated rings. The summed E-state index contributed by atoms with van der Waals surface area (Å²) in [6.07, 6.45) is 0.146. The number of nitrogens with zero attached hydrogens (tertiary/aromatic N) is 2. The van der Waals surface area contributed by atoms with Crippen LogP contribution in [0.5, 0.6) is 0 Å². The highest BCUT2D eigenvalue weighted by atomic mass is 32.1. The minimum absolute atomic E-state index is 0.146. The SMILES string of the molecule is CNC[C@H]1OCCn2nc3ccsc3c21. The Labute approximate surface area is 91.8 Å². The summed E-state index contributed by atoms with van der Waals surface area (Å²) in [6, 6.07) is 2.07. The van der Waals surface area contributed by atoms with Gasteiger partial charge in [-0.2, -0.15) is 5.10 Å². The Morgan fingerprint density at radius 2 is 2.67 bits per heavy atom. The summed E-state index contributed by atoms with van der Waals surface area (Å²) in [5, 5.41) is 9.82. The molecular formula is C10H13N3OS. The van der Waals surface area contributed by atoms with Gasteiger partial charge in [0.1, 0.15) is 11.6 Å². The van der Waals surface area contributed by atoms with E-state index in [-0.39, 0.29) is 6.10 Å². The van der Waals surface area contributed by atoms with Crippen LogP contribution >= 0.6 is 11.3 Å². The molecule has 5 heteroatoms. The molecular weight excluding hydrogens is 210 g/mol. The summed E-state index contributed by atoms with van der Waals surface area (Å²) < 4.78 is 9.13. The summed E-state index contributed by atoms with van der Waals surface area (Å²) in [5.41, 5.74) is 2.34. The Kier molecular flexibility index (Phi) is 2.23. The van der Waals surface area contributed by atoms with Crippen LogP contribution in [0.4, 0.5) is 0 Å². The molecule has 0 aliphatic carbocycles. The van der Waals surface area contributed by atoms with Crippen molar-refractivity contribution in [2.24, 2.45) is 0 Å². The van der Waals surface area contributed by atoms with Crippen molar-refractivity contribution in [3.8, 4) is 0 Å². The minimum atomic E-state index is 0.146. The van der Waals surface area contributed by atoms with Crippen molar-refractivity contribution < 1.29 is 4.74 Å². The van der Waals surface area contributed by atoms with Crippen molar-refractivity contribution in [1.29, 1.82) is 0 Å². The maximum Gasteiger partial charge on any atom is 0.113 e. The normalized spacial score (nSPS) is 20.7. The van der Waals surface area contributed by atoms with Gasteiger partial charge in [-0.1, -0.05) is 0 Å². The Bertz CT molecular complexity index is 476. The third-order valence-corrected chi connectivity index (χ3v) is 3.63. The molecule has 0 spiro atoms. The molecule has 3 rings (SSSR count). The maximum atomic E-state index is 5.76. The molecule has 0 saturated heterocycles. The first kappa shape index (κ1) is 9.33. The quantitative estimate of drug-likeness (QED) is 0.836. The van der Waals surface area contributed by atoms with Crippen LogP contribution < -0.4 is 5.32 Å². The lowest BCUT2D eigenvalue weighted by molar-refractivity contribution is 0.0196. The zero-order valence-electron chi connectivity index (χ0n) is 8.56. The molecule has 2 aromatic rings. The molecule has 0 amide bonds. The van der Waals surface area contributed by atoms with E-state index in [0.29, 0.717) is 0 Å². The van der Waals surface area contributed by atoms with Gasteiger partial charge in [0.25, 0.3) is 0 Å². The second-order valence-corrected chi connectivity index (χ2v) is 4.58. The van der Waals surface area contributed by atoms with Gasteiger partial charge in [0.15, 0.2) is 0 Å². The summed E-state index contributed by atoms with van der Waals surface area (Å²) in [6.45, 7) is 2.48. The van der Waals surface area contributed by atoms with E-state index in [9.17, 15) is 0 Å². The van der Waals surface area contributed by atoms with Gasteiger partial charge >= 0.3 is 0 Å². The van der Waals surface area contributed by atoms with Gasteiger partial charge in [0.2, 0.25) is 0 Å². The first-order chi connectivity index (χ1) is 7.40. The van der Waals surface area contributed by atoms with Crippen LogP contribution in [-0.4, -0.2) is 30.0 Å². The Morgan fingerprint density at radius 1 is 1.73 bits per heavy atom. The van der Waals surface area contributed by atoms with E-state index >= 15 is 0 Å². The fourth-order valence-electron chi connectivity index (χ4n) is 2.06. The van der Waals surface area contributed by atoms with Crippen LogP contribution in [0.1, 0.15) is 11.8 Å². The summed E-state index contributed by atoms with van der Waals surface area (Å²) in [4.78, 5) is 0. The number of likely N-dealkylation sites (N-methyl/N-ethyl adjacent to an activating group) is 1. The molecule has 2 aromatic heterocycles. The van der Waals surface area contributed by atoms with Gasteiger partial charge in [-0.15, -0.1) is 11.3 Å². The molecule has 0 aromatic carbocycles. The monoisotopic (exact) mass is 223 g/mol. The fraction of sp³-hybridized carbons (Fsp3) is 0.500. The third kappa shape index (κ3) is 1.39. The molecule has 15 heavy (non-hydrogen) atoms. The van der Waals surface area contributed by atoms with Crippen molar-refractivity contribution in [3.05, 3.63) is 17.1 Å². The van der Waals surface area contributed by atoms with Crippen molar-refractivity contribution in [1.82, 2.24) is 15.1 Å². The Balaban J connectivity index is 2.13. The van der Waals surface area contributed by atoms with E-state index in [1.54, 1.807) is 11.3 Å². The second kappa shape index (κ2) is 3.59. The third-order valence-electron chi connectivity index (χ3n) is 2.70. The standard InChI is InChI=1S/C10H13N3OS/c1-11-6-8-9-10-7(2-5-15-10)12-13(9)3-4-14-8/h2,5,8,11H,3-4,6H2,1H3/t8-/m1/s1. The highest BCUT2D eigenvalue weighted by Gasteiger charge is 2.25. The van der Waals surface area contributed by atoms with E-state index < -0.39 is 0 Å². The van der Waals surface area contributed by atoms with Crippen molar-refractivity contribution in [2.45, 2.75) is 12.6 Å². The van der Waals surface area contributed by atoms with Crippen molar-refractivity contribution in [3.63, 3.8) is 0 Å². The summed E-state index contributed by atoms with van der Waals surface area (Å²) in [7, 11) is 1.95. The highest BCUT2D eigenvalue weighted by molar-refractivity contribution is 7.17. The smallest absolute Gasteiger partial charge is 0.113 e. The number of hydrogen-bond acceptors (Lipinski definition) is 4. The number of thiophene rings is 1. The average Bonchev–Trinajstić information content (AvgIpc) is 2.77. The van der Waals surface area contributed by atoms with Gasteiger partial charge in [0.05, 0.1) is 23.5 Å². The lowest BCUT2D eigenvalue weighted by Crippen LogP contribution is -2.28. The number of aromatic nitrogens is 2. The highest BCUT2D eigenvalue weighted by Crippen LogP contribution is 2.32. The zero-order chi connectivity index (χ0) is 10.3. The predicted octanol–water partition coefficient (Wildman–Crippen LogP) is 1.39. The molecule has 3 heterocycles. The van der Waals surface area contributed by atoms with Gasteiger partial charge in [-0.25, -0.2) is 0 Å². The number of nitrogens with one attached hydrogen (secondary N) is 1. The first-order valence-electron chi connectivity index (χ1n) is 5.10. The second-order valence-electron chi connectivity index (χ2n) is 3.66. The molecule has 80 valence electrons. The predicted molar refractivity (Wildman–Crippen MR) is 60.2 cm³/mol. The van der Waals surface area contributed by atoms with E-state index in [1.165, 1.54) is 10.4 Å². The molecule has 0 bridgehead atoms. The van der Waals surface area contributed by atoms with Gasteiger partial charge < -0.3 is 10.1 Å². The van der Waals surface area contributed by atoms with E-state index in [2.05, 4.69) is 26.5 Å². The van der Waals surface area contributed by atoms with E-state index in [0.717, 1.165) is 25.2 Å². The number of hydrogen-bond donors (Lipinski definition) is 1. The maximum absolute atomic E-state index is 5.76. The fourth-order valence-corrected chi connectivity index (χ4v) is 2.98. The number of rotatable bonds is 2. The molecule has 0 unspecified atom stereocenters. The Morgan fingerprint density at radius 3 is 3.53 bits per heavy atom. The summed E-state index contributed by atoms with van der Waals surface area (Å²) in [5.74, 6) is 0. The Hall–Kier alpha value is -0.910. The minimum Gasteiger partial charge on any atom is -0.369 e. The topological polar surface area (TPSA) is 39.1 Å². The molecule has 0 saturated carbocycles. The number of fused-ring (bicyclic) bond motifs is 3. The van der Waals surface area contributed by atoms with Crippen molar-refractivity contribution >= 4 is 21.6 Å². The molecule has 4 nitrogen and oxygen atoms in total. The molecule has 1 aliphatic rings. The van der Waals surface area contributed by atoms with Crippen LogP contribution in [0.2, 0.25) is 0 Å². The van der Waals surface area contributed by atoms with Crippen molar-refractivity contribution in [2.75, 3.05) is 20.2 Å². The number of ether oxygens (including phenoxy) is 1. The largest absolute Gasteiger partial charge is 0.369 e. The molecule has 0 radical (unpaired) electrons. The lowest BCUT2D eigenvalue weighted by atomic mass is 10.2. The van der Waals surface area contributed by atoms with Crippen LogP contribution in [0.15, 0.2) is 11.4 Å². The molecule has 1 aliphatic heterocycles. The van der Waals surface area contributed by atoms with Crippen LogP contribution in [0.25, 0.3) is 10.2 Å². The first-order valence-corrected chi connectivity index (χ1v) is 5.98. The lowest BCUT2D eigenvalue weighted by Gasteiger charge is -2.24. The van der Waals surface area contributed by atoms with Crippen LogP contribution in [0.3, 0.4) is 0 Å². The average molecular weight is 223 g/mol. The van der Waals surface area contributed by atoms with E-state index in [4.69, 9.17) is 4.74 Å². The van der Waals surface area contributed by atoms with Gasteiger partial charge in [-0.3, -0.25) is 4.68 Å². The van der Waals surface area contributed by atoms with Gasteiger partial charge in [0, 0.05) is 6.54 Å². The van der Waals surface area contributed by atoms with Crippen LogP contribution in [0, 0.1) is 0 Å². The van der Waals surface area contributed by atoms with E-state index in [1.807, 2.05) is 7.05 Å². The van der Waals surface area contributed by atoms with Crippen LogP contribution in [-0.2, 0) is 11.3 Å².